The number of thioether (sulfide) groups is 1. The van der Waals surface area contributed by atoms with Gasteiger partial charge in [-0.25, -0.2) is 4.98 Å². The summed E-state index contributed by atoms with van der Waals surface area (Å²) in [5.41, 5.74) is 1.13. The molecule has 0 aliphatic rings. The van der Waals surface area contributed by atoms with Crippen LogP contribution in [-0.4, -0.2) is 24.3 Å². The highest BCUT2D eigenvalue weighted by Gasteiger charge is 2.09. The molecule has 21 heavy (non-hydrogen) atoms. The normalized spacial score (nSPS) is 11.2. The summed E-state index contributed by atoms with van der Waals surface area (Å²) < 4.78 is 5.89. The number of hydrogen-bond donors (Lipinski definition) is 1. The Labute approximate surface area is 131 Å². The van der Waals surface area contributed by atoms with E-state index in [1.54, 1.807) is 11.8 Å². The van der Waals surface area contributed by atoms with Crippen molar-refractivity contribution in [1.29, 1.82) is 0 Å². The van der Waals surface area contributed by atoms with Gasteiger partial charge in [0.1, 0.15) is 0 Å². The van der Waals surface area contributed by atoms with Crippen LogP contribution in [0.2, 0.25) is 0 Å². The topological polar surface area (TPSA) is 38.1 Å². The van der Waals surface area contributed by atoms with Crippen molar-refractivity contribution >= 4 is 11.8 Å². The Balaban J connectivity index is 1.89. The SMILES string of the molecule is CSc1ccccc1-c1cnc(CCCNCC(C)C)o1. The van der Waals surface area contributed by atoms with Gasteiger partial charge in [-0.1, -0.05) is 32.0 Å². The van der Waals surface area contributed by atoms with Gasteiger partial charge in [0.05, 0.1) is 6.20 Å². The molecule has 0 aliphatic heterocycles. The molecular weight excluding hydrogens is 280 g/mol. The zero-order chi connectivity index (χ0) is 15.1. The van der Waals surface area contributed by atoms with Gasteiger partial charge in [-0.05, 0) is 37.8 Å². The van der Waals surface area contributed by atoms with Crippen molar-refractivity contribution in [3.05, 3.63) is 36.4 Å². The van der Waals surface area contributed by atoms with E-state index in [0.29, 0.717) is 5.92 Å². The molecule has 114 valence electrons. The average Bonchev–Trinajstić information content (AvgIpc) is 2.95. The molecule has 0 spiro atoms. The molecule has 0 aliphatic carbocycles. The summed E-state index contributed by atoms with van der Waals surface area (Å²) in [5, 5.41) is 3.44. The zero-order valence-corrected chi connectivity index (χ0v) is 13.9. The molecule has 0 amide bonds. The van der Waals surface area contributed by atoms with Crippen LogP contribution in [0.1, 0.15) is 26.2 Å². The maximum atomic E-state index is 5.89. The third kappa shape index (κ3) is 4.90. The van der Waals surface area contributed by atoms with E-state index >= 15 is 0 Å². The van der Waals surface area contributed by atoms with Crippen LogP contribution in [0.15, 0.2) is 39.8 Å². The number of aromatic nitrogens is 1. The van der Waals surface area contributed by atoms with Gasteiger partial charge in [-0.3, -0.25) is 0 Å². The fourth-order valence-corrected chi connectivity index (χ4v) is 2.76. The van der Waals surface area contributed by atoms with Crippen molar-refractivity contribution in [1.82, 2.24) is 10.3 Å². The summed E-state index contributed by atoms with van der Waals surface area (Å²) in [6.07, 6.45) is 5.85. The first-order valence-electron chi connectivity index (χ1n) is 7.49. The van der Waals surface area contributed by atoms with Gasteiger partial charge in [0, 0.05) is 16.9 Å². The molecule has 1 heterocycles. The molecule has 4 heteroatoms. The van der Waals surface area contributed by atoms with E-state index in [1.165, 1.54) is 4.90 Å². The second kappa shape index (κ2) is 8.25. The molecule has 0 saturated heterocycles. The van der Waals surface area contributed by atoms with Crippen molar-refractivity contribution < 1.29 is 4.42 Å². The predicted octanol–water partition coefficient (Wildman–Crippen LogP) is 4.24. The molecule has 0 saturated carbocycles. The predicted molar refractivity (Wildman–Crippen MR) is 89.7 cm³/mol. The monoisotopic (exact) mass is 304 g/mol. The van der Waals surface area contributed by atoms with E-state index in [9.17, 15) is 0 Å². The molecule has 0 unspecified atom stereocenters. The number of aryl methyl sites for hydroxylation is 1. The highest BCUT2D eigenvalue weighted by Crippen LogP contribution is 2.30. The number of nitrogens with one attached hydrogen (secondary N) is 1. The molecule has 0 atom stereocenters. The fraction of sp³-hybridized carbons (Fsp3) is 0.471. The molecule has 1 aromatic heterocycles. The van der Waals surface area contributed by atoms with Gasteiger partial charge in [-0.15, -0.1) is 11.8 Å². The summed E-state index contributed by atoms with van der Waals surface area (Å²) in [6, 6.07) is 8.28. The summed E-state index contributed by atoms with van der Waals surface area (Å²) in [7, 11) is 0. The zero-order valence-electron chi connectivity index (χ0n) is 13.1. The van der Waals surface area contributed by atoms with E-state index in [2.05, 4.69) is 42.5 Å². The minimum Gasteiger partial charge on any atom is -0.441 e. The summed E-state index contributed by atoms with van der Waals surface area (Å²) in [4.78, 5) is 5.62. The third-order valence-corrected chi connectivity index (χ3v) is 4.02. The van der Waals surface area contributed by atoms with E-state index in [0.717, 1.165) is 43.1 Å². The van der Waals surface area contributed by atoms with Crippen LogP contribution in [0.4, 0.5) is 0 Å². The molecule has 0 radical (unpaired) electrons. The number of hydrogen-bond acceptors (Lipinski definition) is 4. The molecular formula is C17H24N2OS. The number of oxazole rings is 1. The van der Waals surface area contributed by atoms with E-state index < -0.39 is 0 Å². The average molecular weight is 304 g/mol. The van der Waals surface area contributed by atoms with E-state index in [1.807, 2.05) is 18.3 Å². The van der Waals surface area contributed by atoms with Gasteiger partial charge >= 0.3 is 0 Å². The van der Waals surface area contributed by atoms with Gasteiger partial charge in [0.15, 0.2) is 11.7 Å². The molecule has 1 aromatic carbocycles. The van der Waals surface area contributed by atoms with Crippen molar-refractivity contribution in [2.45, 2.75) is 31.6 Å². The van der Waals surface area contributed by atoms with Crippen LogP contribution < -0.4 is 5.32 Å². The minimum atomic E-state index is 0.696. The van der Waals surface area contributed by atoms with Crippen LogP contribution in [0.3, 0.4) is 0 Å². The Morgan fingerprint density at radius 3 is 2.86 bits per heavy atom. The standard InChI is InChI=1S/C17H24N2OS/c1-13(2)11-18-10-6-9-17-19-12-15(20-17)14-7-4-5-8-16(14)21-3/h4-5,7-8,12-13,18H,6,9-11H2,1-3H3. The largest absolute Gasteiger partial charge is 0.441 e. The minimum absolute atomic E-state index is 0.696. The van der Waals surface area contributed by atoms with Crippen LogP contribution in [0.25, 0.3) is 11.3 Å². The molecule has 2 aromatic rings. The quantitative estimate of drug-likeness (QED) is 0.585. The highest BCUT2D eigenvalue weighted by atomic mass is 32.2. The Bertz CT molecular complexity index is 551. The lowest BCUT2D eigenvalue weighted by molar-refractivity contribution is 0.483. The van der Waals surface area contributed by atoms with Gasteiger partial charge < -0.3 is 9.73 Å². The first kappa shape index (κ1) is 16.1. The lowest BCUT2D eigenvalue weighted by Gasteiger charge is -2.06. The van der Waals surface area contributed by atoms with Gasteiger partial charge in [-0.2, -0.15) is 0 Å². The Hall–Kier alpha value is -1.26. The van der Waals surface area contributed by atoms with E-state index in [4.69, 9.17) is 4.42 Å². The molecule has 0 fully saturated rings. The third-order valence-electron chi connectivity index (χ3n) is 3.22. The maximum absolute atomic E-state index is 5.89. The van der Waals surface area contributed by atoms with Crippen LogP contribution in [0.5, 0.6) is 0 Å². The Morgan fingerprint density at radius 2 is 2.10 bits per heavy atom. The molecule has 3 nitrogen and oxygen atoms in total. The summed E-state index contributed by atoms with van der Waals surface area (Å²) in [6.45, 7) is 6.52. The first-order valence-corrected chi connectivity index (χ1v) is 8.72. The summed E-state index contributed by atoms with van der Waals surface area (Å²) >= 11 is 1.73. The first-order chi connectivity index (χ1) is 10.2. The molecule has 0 bridgehead atoms. The van der Waals surface area contributed by atoms with Crippen LogP contribution in [0, 0.1) is 5.92 Å². The van der Waals surface area contributed by atoms with Crippen molar-refractivity contribution in [3.8, 4) is 11.3 Å². The molecule has 1 N–H and O–H groups in total. The Kier molecular flexibility index (Phi) is 6.33. The van der Waals surface area contributed by atoms with Gasteiger partial charge in [0.25, 0.3) is 0 Å². The van der Waals surface area contributed by atoms with Crippen molar-refractivity contribution in [2.75, 3.05) is 19.3 Å². The van der Waals surface area contributed by atoms with Crippen molar-refractivity contribution in [3.63, 3.8) is 0 Å². The maximum Gasteiger partial charge on any atom is 0.194 e. The van der Waals surface area contributed by atoms with Crippen LogP contribution in [-0.2, 0) is 6.42 Å². The lowest BCUT2D eigenvalue weighted by atomic mass is 10.2. The van der Waals surface area contributed by atoms with E-state index in [-0.39, 0.29) is 0 Å². The number of rotatable bonds is 8. The second-order valence-corrected chi connectivity index (χ2v) is 6.37. The Morgan fingerprint density at radius 1 is 1.29 bits per heavy atom. The van der Waals surface area contributed by atoms with Crippen molar-refractivity contribution in [2.24, 2.45) is 5.92 Å². The van der Waals surface area contributed by atoms with Gasteiger partial charge in [0.2, 0.25) is 0 Å². The highest BCUT2D eigenvalue weighted by molar-refractivity contribution is 7.98. The number of nitrogens with zero attached hydrogens (tertiary/aromatic N) is 1. The number of benzene rings is 1. The summed E-state index contributed by atoms with van der Waals surface area (Å²) in [5.74, 6) is 2.39. The lowest BCUT2D eigenvalue weighted by Crippen LogP contribution is -2.21. The molecule has 2 rings (SSSR count). The second-order valence-electron chi connectivity index (χ2n) is 5.52. The fourth-order valence-electron chi connectivity index (χ4n) is 2.15. The smallest absolute Gasteiger partial charge is 0.194 e. The van der Waals surface area contributed by atoms with Crippen LogP contribution >= 0.6 is 11.8 Å².